The van der Waals surface area contributed by atoms with Gasteiger partial charge in [0.15, 0.2) is 0 Å². The number of aliphatic hydroxyl groups is 1. The highest BCUT2D eigenvalue weighted by atomic mass is 16.3. The van der Waals surface area contributed by atoms with Gasteiger partial charge in [-0.2, -0.15) is 0 Å². The standard InChI is InChI=1S/C40H56O/c1-30(18-13-20-32(3)23-25-37-34(5)22-15-27-39(37,7)8)16-11-12-17-31(2)19-14-21-33(4)24-26-38-35(6)28-36(41)29-40(38,9)10/h11-14,16-26,36-37,41H,15,27-29H2,1-10H3/b12-11+,18-13+,19-14+,25-23+,26-24+,30-16+,31-17+,32-20+,33-21+/t36-,37+/m1/s1. The van der Waals surface area contributed by atoms with Crippen molar-refractivity contribution in [1.29, 1.82) is 0 Å². The predicted molar refractivity (Wildman–Crippen MR) is 183 cm³/mol. The van der Waals surface area contributed by atoms with E-state index in [-0.39, 0.29) is 11.5 Å². The molecule has 0 amide bonds. The number of allylic oxidation sites excluding steroid dienone is 21. The lowest BCUT2D eigenvalue weighted by Gasteiger charge is -2.36. The van der Waals surface area contributed by atoms with Gasteiger partial charge in [0.25, 0.3) is 0 Å². The smallest absolute Gasteiger partial charge is 0.0585 e. The van der Waals surface area contributed by atoms with E-state index in [4.69, 9.17) is 0 Å². The van der Waals surface area contributed by atoms with Gasteiger partial charge < -0.3 is 5.11 Å². The second kappa shape index (κ2) is 15.9. The molecule has 1 nitrogen and oxygen atoms in total. The van der Waals surface area contributed by atoms with Gasteiger partial charge in [-0.05, 0) is 83.6 Å². The Bertz CT molecular complexity index is 1240. The molecule has 2 atom stereocenters. The van der Waals surface area contributed by atoms with Gasteiger partial charge in [-0.15, -0.1) is 0 Å². The Balaban J connectivity index is 1.89. The maximum absolute atomic E-state index is 10.1. The van der Waals surface area contributed by atoms with Gasteiger partial charge in [-0.25, -0.2) is 0 Å². The van der Waals surface area contributed by atoms with Gasteiger partial charge in [0.1, 0.15) is 0 Å². The minimum atomic E-state index is -0.221. The lowest BCUT2D eigenvalue weighted by Crippen LogP contribution is -2.28. The van der Waals surface area contributed by atoms with E-state index in [1.165, 1.54) is 51.9 Å². The first-order valence-electron chi connectivity index (χ1n) is 15.3. The van der Waals surface area contributed by atoms with Crippen molar-refractivity contribution < 1.29 is 5.11 Å². The van der Waals surface area contributed by atoms with E-state index in [2.05, 4.69) is 160 Å². The fourth-order valence-corrected chi connectivity index (χ4v) is 5.97. The number of aliphatic hydroxyl groups excluding tert-OH is 1. The zero-order valence-corrected chi connectivity index (χ0v) is 27.6. The van der Waals surface area contributed by atoms with E-state index in [0.29, 0.717) is 11.3 Å². The van der Waals surface area contributed by atoms with Crippen LogP contribution in [0.4, 0.5) is 0 Å². The van der Waals surface area contributed by atoms with Crippen LogP contribution in [-0.4, -0.2) is 11.2 Å². The maximum atomic E-state index is 10.1. The van der Waals surface area contributed by atoms with E-state index < -0.39 is 0 Å². The van der Waals surface area contributed by atoms with Crippen molar-refractivity contribution in [1.82, 2.24) is 0 Å². The van der Waals surface area contributed by atoms with Crippen molar-refractivity contribution in [2.45, 2.75) is 101 Å². The van der Waals surface area contributed by atoms with Crippen molar-refractivity contribution in [2.24, 2.45) is 16.7 Å². The Kier molecular flexibility index (Phi) is 13.3. The van der Waals surface area contributed by atoms with Crippen molar-refractivity contribution in [3.05, 3.63) is 130 Å². The number of rotatable bonds is 10. The van der Waals surface area contributed by atoms with Crippen molar-refractivity contribution >= 4 is 0 Å². The molecule has 0 saturated heterocycles. The summed E-state index contributed by atoms with van der Waals surface area (Å²) in [6.45, 7) is 22.2. The zero-order valence-electron chi connectivity index (χ0n) is 27.6. The Morgan fingerprint density at radius 1 is 0.756 bits per heavy atom. The van der Waals surface area contributed by atoms with Crippen LogP contribution in [0.1, 0.15) is 94.9 Å². The molecule has 0 saturated carbocycles. The van der Waals surface area contributed by atoms with Crippen LogP contribution < -0.4 is 0 Å². The van der Waals surface area contributed by atoms with Crippen LogP contribution in [0.3, 0.4) is 0 Å². The minimum Gasteiger partial charge on any atom is -0.393 e. The van der Waals surface area contributed by atoms with Crippen molar-refractivity contribution in [3.63, 3.8) is 0 Å². The van der Waals surface area contributed by atoms with Gasteiger partial charge in [-0.3, -0.25) is 0 Å². The van der Waals surface area contributed by atoms with Crippen LogP contribution >= 0.6 is 0 Å². The molecular weight excluding hydrogens is 496 g/mol. The molecule has 0 fully saturated rings. The molecule has 0 bridgehead atoms. The van der Waals surface area contributed by atoms with Crippen LogP contribution in [0.5, 0.6) is 0 Å². The van der Waals surface area contributed by atoms with E-state index in [0.717, 1.165) is 12.8 Å². The lowest BCUT2D eigenvalue weighted by atomic mass is 9.68. The molecular formula is C40H56O. The molecule has 2 aliphatic rings. The molecule has 0 unspecified atom stereocenters. The van der Waals surface area contributed by atoms with Gasteiger partial charge in [0.05, 0.1) is 6.10 Å². The summed E-state index contributed by atoms with van der Waals surface area (Å²) in [6, 6.07) is 0. The highest BCUT2D eigenvalue weighted by Gasteiger charge is 2.31. The van der Waals surface area contributed by atoms with Crippen LogP contribution in [0.2, 0.25) is 0 Å². The second-order valence-electron chi connectivity index (χ2n) is 13.5. The molecule has 0 heterocycles. The molecule has 0 aromatic carbocycles. The second-order valence-corrected chi connectivity index (χ2v) is 13.5. The molecule has 0 aromatic heterocycles. The average Bonchev–Trinajstić information content (AvgIpc) is 2.84. The maximum Gasteiger partial charge on any atom is 0.0585 e. The van der Waals surface area contributed by atoms with E-state index in [9.17, 15) is 5.11 Å². The summed E-state index contributed by atoms with van der Waals surface area (Å²) in [5, 5.41) is 10.1. The molecule has 1 heteroatoms. The fourth-order valence-electron chi connectivity index (χ4n) is 5.97. The zero-order chi connectivity index (χ0) is 30.6. The van der Waals surface area contributed by atoms with E-state index >= 15 is 0 Å². The molecule has 1 N–H and O–H groups in total. The normalized spacial score (nSPS) is 25.1. The minimum absolute atomic E-state index is 0.0126. The molecule has 2 aliphatic carbocycles. The molecule has 0 aromatic rings. The molecule has 0 spiro atoms. The molecule has 222 valence electrons. The molecule has 41 heavy (non-hydrogen) atoms. The summed E-state index contributed by atoms with van der Waals surface area (Å²) in [6.07, 6.45) is 36.6. The number of hydrogen-bond acceptors (Lipinski definition) is 1. The number of hydrogen-bond donors (Lipinski definition) is 1. The summed E-state index contributed by atoms with van der Waals surface area (Å²) in [7, 11) is 0. The first-order valence-corrected chi connectivity index (χ1v) is 15.3. The molecule has 0 aliphatic heterocycles. The highest BCUT2D eigenvalue weighted by Crippen LogP contribution is 2.42. The molecule has 0 radical (unpaired) electrons. The van der Waals surface area contributed by atoms with Crippen LogP contribution in [-0.2, 0) is 0 Å². The Labute approximate surface area is 252 Å². The van der Waals surface area contributed by atoms with Crippen LogP contribution in [0.25, 0.3) is 0 Å². The SMILES string of the molecule is CC1=CCCC(C)(C)[C@H]1/C=C/C(C)=C/C=C/C(C)=C/C=C/C=C(C)/C=C/C=C(C)/C=C/C1=C(C)C[C@@H](O)CC1(C)C. The predicted octanol–water partition coefficient (Wildman–Crippen LogP) is 11.4. The Morgan fingerprint density at radius 3 is 1.80 bits per heavy atom. The van der Waals surface area contributed by atoms with Crippen molar-refractivity contribution in [2.75, 3.05) is 0 Å². The highest BCUT2D eigenvalue weighted by molar-refractivity contribution is 5.38. The average molecular weight is 553 g/mol. The monoisotopic (exact) mass is 552 g/mol. The van der Waals surface area contributed by atoms with Gasteiger partial charge >= 0.3 is 0 Å². The quantitative estimate of drug-likeness (QED) is 0.211. The summed E-state index contributed by atoms with van der Waals surface area (Å²) in [5.74, 6) is 0.524. The molecule has 2 rings (SSSR count). The fraction of sp³-hybridized carbons (Fsp3) is 0.450. The third-order valence-electron chi connectivity index (χ3n) is 8.39. The largest absolute Gasteiger partial charge is 0.393 e. The van der Waals surface area contributed by atoms with E-state index in [1.54, 1.807) is 0 Å². The van der Waals surface area contributed by atoms with E-state index in [1.807, 2.05) is 0 Å². The first-order chi connectivity index (χ1) is 19.2. The Hall–Kier alpha value is -2.90. The van der Waals surface area contributed by atoms with Gasteiger partial charge in [0.2, 0.25) is 0 Å². The summed E-state index contributed by atoms with van der Waals surface area (Å²) >= 11 is 0. The summed E-state index contributed by atoms with van der Waals surface area (Å²) < 4.78 is 0. The summed E-state index contributed by atoms with van der Waals surface area (Å²) in [4.78, 5) is 0. The van der Waals surface area contributed by atoms with Gasteiger partial charge in [0, 0.05) is 5.92 Å². The lowest BCUT2D eigenvalue weighted by molar-refractivity contribution is 0.116. The third-order valence-corrected chi connectivity index (χ3v) is 8.39. The van der Waals surface area contributed by atoms with Gasteiger partial charge in [-0.1, -0.05) is 152 Å². The third kappa shape index (κ3) is 11.9. The topological polar surface area (TPSA) is 20.2 Å². The van der Waals surface area contributed by atoms with Crippen LogP contribution in [0.15, 0.2) is 130 Å². The van der Waals surface area contributed by atoms with Crippen molar-refractivity contribution in [3.8, 4) is 0 Å². The summed E-state index contributed by atoms with van der Waals surface area (Å²) in [5.41, 5.74) is 9.40. The Morgan fingerprint density at radius 2 is 1.27 bits per heavy atom. The first kappa shape index (κ1) is 34.3. The van der Waals surface area contributed by atoms with Crippen LogP contribution in [0, 0.1) is 16.7 Å².